The van der Waals surface area contributed by atoms with Crippen molar-refractivity contribution >= 4 is 22.6 Å². The van der Waals surface area contributed by atoms with Gasteiger partial charge in [-0.1, -0.05) is 6.07 Å². The lowest BCUT2D eigenvalue weighted by molar-refractivity contribution is 0.0925. The molecule has 0 radical (unpaired) electrons. The summed E-state index contributed by atoms with van der Waals surface area (Å²) in [5.74, 6) is -0.167. The molecule has 0 fully saturated rings. The lowest BCUT2D eigenvalue weighted by Crippen LogP contribution is -2.07. The number of Topliss-reactive ketones (excluding diaryl/α,β-unsaturated/α-hetero) is 1. The van der Waals surface area contributed by atoms with Crippen molar-refractivity contribution in [2.75, 3.05) is 0 Å². The van der Waals surface area contributed by atoms with E-state index in [0.717, 1.165) is 10.9 Å². The SMILES string of the molecule is CC(=O)c1c(C)ccc2c1cnn2C(C)=O. The summed E-state index contributed by atoms with van der Waals surface area (Å²) in [5, 5.41) is 4.73. The lowest BCUT2D eigenvalue weighted by Gasteiger charge is -2.04. The lowest BCUT2D eigenvalue weighted by atomic mass is 10.0. The molecule has 1 heterocycles. The van der Waals surface area contributed by atoms with Crippen molar-refractivity contribution in [3.05, 3.63) is 29.5 Å². The van der Waals surface area contributed by atoms with Gasteiger partial charge in [-0.25, -0.2) is 4.68 Å². The van der Waals surface area contributed by atoms with E-state index in [1.165, 1.54) is 18.5 Å². The zero-order chi connectivity index (χ0) is 11.9. The minimum absolute atomic E-state index is 0.00815. The standard InChI is InChI=1S/C12H12N2O2/c1-7-4-5-11-10(12(7)8(2)15)6-13-14(11)9(3)16/h4-6H,1-3H3. The van der Waals surface area contributed by atoms with E-state index in [-0.39, 0.29) is 11.7 Å². The maximum Gasteiger partial charge on any atom is 0.244 e. The molecule has 0 bridgehead atoms. The fourth-order valence-corrected chi connectivity index (χ4v) is 1.93. The number of nitrogens with zero attached hydrogens (tertiary/aromatic N) is 2. The Hall–Kier alpha value is -1.97. The van der Waals surface area contributed by atoms with Crippen LogP contribution in [0.2, 0.25) is 0 Å². The maximum absolute atomic E-state index is 11.5. The minimum Gasteiger partial charge on any atom is -0.294 e. The Morgan fingerprint density at radius 1 is 1.25 bits per heavy atom. The second-order valence-corrected chi connectivity index (χ2v) is 3.82. The highest BCUT2D eigenvalue weighted by Crippen LogP contribution is 2.22. The number of aryl methyl sites for hydroxylation is 1. The van der Waals surface area contributed by atoms with Gasteiger partial charge in [0.25, 0.3) is 0 Å². The Labute approximate surface area is 92.9 Å². The molecule has 0 saturated carbocycles. The molecule has 0 saturated heterocycles. The molecule has 2 rings (SSSR count). The molecule has 0 atom stereocenters. The van der Waals surface area contributed by atoms with Gasteiger partial charge in [-0.3, -0.25) is 9.59 Å². The van der Waals surface area contributed by atoms with Gasteiger partial charge < -0.3 is 0 Å². The van der Waals surface area contributed by atoms with Gasteiger partial charge in [0.05, 0.1) is 11.7 Å². The van der Waals surface area contributed by atoms with Gasteiger partial charge in [-0.15, -0.1) is 0 Å². The van der Waals surface area contributed by atoms with E-state index in [4.69, 9.17) is 0 Å². The van der Waals surface area contributed by atoms with Crippen molar-refractivity contribution in [3.8, 4) is 0 Å². The first-order valence-electron chi connectivity index (χ1n) is 5.01. The predicted octanol–water partition coefficient (Wildman–Crippen LogP) is 2.21. The average molecular weight is 216 g/mol. The first kappa shape index (κ1) is 10.5. The van der Waals surface area contributed by atoms with Crippen molar-refractivity contribution in [1.82, 2.24) is 9.78 Å². The van der Waals surface area contributed by atoms with Crippen LogP contribution in [0.15, 0.2) is 18.3 Å². The Kier molecular flexibility index (Phi) is 2.34. The van der Waals surface area contributed by atoms with Crippen molar-refractivity contribution in [3.63, 3.8) is 0 Å². The van der Waals surface area contributed by atoms with E-state index in [1.807, 2.05) is 19.1 Å². The van der Waals surface area contributed by atoms with Gasteiger partial charge in [-0.2, -0.15) is 5.10 Å². The first-order valence-corrected chi connectivity index (χ1v) is 5.01. The minimum atomic E-state index is -0.159. The zero-order valence-corrected chi connectivity index (χ0v) is 9.44. The summed E-state index contributed by atoms with van der Waals surface area (Å²) < 4.78 is 1.31. The number of benzene rings is 1. The number of fused-ring (bicyclic) bond motifs is 1. The Morgan fingerprint density at radius 2 is 1.94 bits per heavy atom. The van der Waals surface area contributed by atoms with Crippen molar-refractivity contribution in [1.29, 1.82) is 0 Å². The number of aromatic nitrogens is 2. The van der Waals surface area contributed by atoms with Crippen molar-refractivity contribution in [2.24, 2.45) is 0 Å². The highest BCUT2D eigenvalue weighted by Gasteiger charge is 2.14. The fourth-order valence-electron chi connectivity index (χ4n) is 1.93. The highest BCUT2D eigenvalue weighted by atomic mass is 16.2. The van der Waals surface area contributed by atoms with Crippen LogP contribution in [0.3, 0.4) is 0 Å². The molecule has 0 aliphatic heterocycles. The second kappa shape index (κ2) is 3.56. The summed E-state index contributed by atoms with van der Waals surface area (Å²) in [6.07, 6.45) is 1.57. The third-order valence-corrected chi connectivity index (χ3v) is 2.61. The van der Waals surface area contributed by atoms with E-state index in [2.05, 4.69) is 5.10 Å². The van der Waals surface area contributed by atoms with Crippen LogP contribution in [0.25, 0.3) is 10.9 Å². The number of hydrogen-bond donors (Lipinski definition) is 0. The molecular formula is C12H12N2O2. The number of carbonyl (C=O) groups excluding carboxylic acids is 2. The topological polar surface area (TPSA) is 52.0 Å². The summed E-state index contributed by atoms with van der Waals surface area (Å²) in [7, 11) is 0. The van der Waals surface area contributed by atoms with Crippen LogP contribution in [-0.2, 0) is 0 Å². The molecule has 16 heavy (non-hydrogen) atoms. The van der Waals surface area contributed by atoms with Gasteiger partial charge in [-0.05, 0) is 25.5 Å². The monoisotopic (exact) mass is 216 g/mol. The molecule has 1 aromatic heterocycles. The molecule has 4 heteroatoms. The van der Waals surface area contributed by atoms with E-state index in [1.54, 1.807) is 6.20 Å². The molecule has 0 unspecified atom stereocenters. The molecule has 0 spiro atoms. The van der Waals surface area contributed by atoms with Crippen molar-refractivity contribution in [2.45, 2.75) is 20.8 Å². The van der Waals surface area contributed by atoms with E-state index < -0.39 is 0 Å². The summed E-state index contributed by atoms with van der Waals surface area (Å²) in [6, 6.07) is 3.64. The number of rotatable bonds is 1. The van der Waals surface area contributed by atoms with Crippen LogP contribution in [0, 0.1) is 6.92 Å². The van der Waals surface area contributed by atoms with E-state index >= 15 is 0 Å². The molecule has 0 aliphatic carbocycles. The number of hydrogen-bond acceptors (Lipinski definition) is 3. The summed E-state index contributed by atoms with van der Waals surface area (Å²) in [5.41, 5.74) is 2.23. The second-order valence-electron chi connectivity index (χ2n) is 3.82. The molecule has 0 N–H and O–H groups in total. The van der Waals surface area contributed by atoms with Crippen LogP contribution in [0.4, 0.5) is 0 Å². The summed E-state index contributed by atoms with van der Waals surface area (Å²) >= 11 is 0. The van der Waals surface area contributed by atoms with Crippen LogP contribution in [0.5, 0.6) is 0 Å². The number of carbonyl (C=O) groups is 2. The fraction of sp³-hybridized carbons (Fsp3) is 0.250. The molecule has 4 nitrogen and oxygen atoms in total. The van der Waals surface area contributed by atoms with Crippen LogP contribution in [0.1, 0.15) is 34.6 Å². The predicted molar refractivity (Wildman–Crippen MR) is 60.8 cm³/mol. The van der Waals surface area contributed by atoms with Crippen LogP contribution in [-0.4, -0.2) is 21.5 Å². The van der Waals surface area contributed by atoms with Crippen LogP contribution >= 0.6 is 0 Å². The molecule has 1 aromatic carbocycles. The molecule has 0 aliphatic rings. The Balaban J connectivity index is 2.86. The highest BCUT2D eigenvalue weighted by molar-refractivity contribution is 6.08. The average Bonchev–Trinajstić information content (AvgIpc) is 2.59. The van der Waals surface area contributed by atoms with Gasteiger partial charge in [0.2, 0.25) is 5.91 Å². The molecule has 82 valence electrons. The quantitative estimate of drug-likeness (QED) is 0.687. The Morgan fingerprint density at radius 3 is 2.50 bits per heavy atom. The Bertz CT molecular complexity index is 596. The van der Waals surface area contributed by atoms with Crippen LogP contribution < -0.4 is 0 Å². The van der Waals surface area contributed by atoms with Crippen molar-refractivity contribution < 1.29 is 9.59 Å². The first-order chi connectivity index (χ1) is 7.52. The third kappa shape index (κ3) is 1.43. The van der Waals surface area contributed by atoms with Gasteiger partial charge >= 0.3 is 0 Å². The molecule has 0 amide bonds. The molecular weight excluding hydrogens is 204 g/mol. The van der Waals surface area contributed by atoms with E-state index in [0.29, 0.717) is 11.1 Å². The maximum atomic E-state index is 11.5. The van der Waals surface area contributed by atoms with E-state index in [9.17, 15) is 9.59 Å². The smallest absolute Gasteiger partial charge is 0.244 e. The van der Waals surface area contributed by atoms with Gasteiger partial charge in [0.15, 0.2) is 5.78 Å². The largest absolute Gasteiger partial charge is 0.294 e. The molecule has 2 aromatic rings. The summed E-state index contributed by atoms with van der Waals surface area (Å²) in [6.45, 7) is 4.84. The van der Waals surface area contributed by atoms with Gasteiger partial charge in [0.1, 0.15) is 0 Å². The zero-order valence-electron chi connectivity index (χ0n) is 9.44. The number of ketones is 1. The summed E-state index contributed by atoms with van der Waals surface area (Å²) in [4.78, 5) is 22.8. The normalized spacial score (nSPS) is 10.7. The third-order valence-electron chi connectivity index (χ3n) is 2.61. The van der Waals surface area contributed by atoms with Gasteiger partial charge in [0, 0.05) is 17.9 Å².